The summed E-state index contributed by atoms with van der Waals surface area (Å²) >= 11 is 0. The van der Waals surface area contributed by atoms with E-state index in [2.05, 4.69) is 10.6 Å². The van der Waals surface area contributed by atoms with E-state index in [-0.39, 0.29) is 0 Å². The first kappa shape index (κ1) is 25.7. The molecular weight excluding hydrogens is 396 g/mol. The minimum Gasteiger partial charge on any atom is -0.481 e. The summed E-state index contributed by atoms with van der Waals surface area (Å²) < 4.78 is 0. The monoisotopic (exact) mass is 420 g/mol. The number of hydrogen-bond acceptors (Lipinski definition) is 8. The molecule has 9 N–H and O–H groups in total. The van der Waals surface area contributed by atoms with Crippen molar-refractivity contribution in [2.45, 2.75) is 50.4 Å². The zero-order chi connectivity index (χ0) is 22.7. The summed E-state index contributed by atoms with van der Waals surface area (Å²) in [4.78, 5) is 68.3. The van der Waals surface area contributed by atoms with Crippen LogP contribution in [0.4, 0.5) is 0 Å². The second-order valence-corrected chi connectivity index (χ2v) is 6.01. The summed E-state index contributed by atoms with van der Waals surface area (Å²) in [5.41, 5.74) is 5.34. The van der Waals surface area contributed by atoms with Crippen LogP contribution in [0.3, 0.4) is 0 Å². The van der Waals surface area contributed by atoms with E-state index in [0.717, 1.165) is 6.92 Å². The van der Waals surface area contributed by atoms with Gasteiger partial charge in [-0.2, -0.15) is 0 Å². The molecule has 0 aliphatic rings. The number of rotatable bonds is 13. The van der Waals surface area contributed by atoms with Gasteiger partial charge in [-0.15, -0.1) is 0 Å². The van der Waals surface area contributed by atoms with Crippen molar-refractivity contribution in [1.29, 1.82) is 0 Å². The first-order valence-corrected chi connectivity index (χ1v) is 8.33. The highest BCUT2D eigenvalue weighted by Crippen LogP contribution is 2.01. The third-order valence-electron chi connectivity index (χ3n) is 3.56. The van der Waals surface area contributed by atoms with Crippen molar-refractivity contribution in [3.05, 3.63) is 0 Å². The van der Waals surface area contributed by atoms with E-state index in [0.29, 0.717) is 0 Å². The molecule has 0 fully saturated rings. The number of carbonyl (C=O) groups excluding carboxylic acids is 3. The molecule has 0 spiro atoms. The zero-order valence-electron chi connectivity index (χ0n) is 15.5. The maximum Gasteiger partial charge on any atom is 0.325 e. The molecule has 0 aromatic carbocycles. The van der Waals surface area contributed by atoms with Crippen molar-refractivity contribution in [3.63, 3.8) is 0 Å². The van der Waals surface area contributed by atoms with E-state index in [1.165, 1.54) is 0 Å². The van der Waals surface area contributed by atoms with Gasteiger partial charge in [0.25, 0.3) is 0 Å². The molecule has 29 heavy (non-hydrogen) atoms. The Morgan fingerprint density at radius 1 is 0.828 bits per heavy atom. The van der Waals surface area contributed by atoms with Crippen LogP contribution in [0.25, 0.3) is 0 Å². The summed E-state index contributed by atoms with van der Waals surface area (Å²) in [6, 6.07) is -5.91. The van der Waals surface area contributed by atoms with Crippen molar-refractivity contribution in [3.8, 4) is 0 Å². The van der Waals surface area contributed by atoms with E-state index in [4.69, 9.17) is 21.1 Å². The molecule has 0 aliphatic carbocycles. The first-order chi connectivity index (χ1) is 13.4. The quantitative estimate of drug-likeness (QED) is 0.143. The van der Waals surface area contributed by atoms with Gasteiger partial charge in [-0.3, -0.25) is 28.8 Å². The van der Waals surface area contributed by atoms with Gasteiger partial charge in [0.2, 0.25) is 17.7 Å². The number of carbonyl (C=O) groups is 6. The van der Waals surface area contributed by atoms with Crippen LogP contribution in [0, 0.1) is 0 Å². The van der Waals surface area contributed by atoms with Crippen molar-refractivity contribution in [2.75, 3.05) is 6.61 Å². The van der Waals surface area contributed by atoms with Crippen LogP contribution < -0.4 is 21.7 Å². The molecule has 3 amide bonds. The lowest BCUT2D eigenvalue weighted by atomic mass is 10.1. The number of hydrogen-bond donors (Lipinski definition) is 8. The van der Waals surface area contributed by atoms with E-state index in [9.17, 15) is 33.9 Å². The molecule has 0 saturated heterocycles. The molecule has 0 saturated carbocycles. The average Bonchev–Trinajstić information content (AvgIpc) is 2.61. The molecule has 0 bridgehead atoms. The summed E-state index contributed by atoms with van der Waals surface area (Å²) in [6.07, 6.45) is -1.67. The number of carboxylic acid groups (broad SMARTS) is 3. The van der Waals surface area contributed by atoms with Crippen LogP contribution in [-0.2, 0) is 28.8 Å². The number of aliphatic hydroxyl groups is 1. The number of nitrogens with two attached hydrogens (primary N) is 1. The Morgan fingerprint density at radius 3 is 1.79 bits per heavy atom. The topological polar surface area (TPSA) is 245 Å². The largest absolute Gasteiger partial charge is 0.481 e. The van der Waals surface area contributed by atoms with Gasteiger partial charge in [-0.05, 0) is 13.3 Å². The number of aliphatic carboxylic acids is 3. The van der Waals surface area contributed by atoms with E-state index in [1.807, 2.05) is 5.32 Å². The minimum atomic E-state index is -1.61. The second-order valence-electron chi connectivity index (χ2n) is 6.01. The predicted octanol–water partition coefficient (Wildman–Crippen LogP) is -3.80. The third kappa shape index (κ3) is 10.0. The van der Waals surface area contributed by atoms with Gasteiger partial charge in [-0.1, -0.05) is 0 Å². The zero-order valence-corrected chi connectivity index (χ0v) is 15.5. The Balaban J connectivity index is 5.15. The van der Waals surface area contributed by atoms with Crippen LogP contribution in [0.2, 0.25) is 0 Å². The molecule has 164 valence electrons. The fraction of sp³-hybridized carbons (Fsp3) is 0.600. The molecule has 0 heterocycles. The maximum absolute atomic E-state index is 12.2. The van der Waals surface area contributed by atoms with E-state index < -0.39 is 85.7 Å². The summed E-state index contributed by atoms with van der Waals surface area (Å²) in [5.74, 6) is -7.13. The van der Waals surface area contributed by atoms with Crippen molar-refractivity contribution in [1.82, 2.24) is 16.0 Å². The van der Waals surface area contributed by atoms with Gasteiger partial charge >= 0.3 is 17.9 Å². The summed E-state index contributed by atoms with van der Waals surface area (Å²) in [6.45, 7) is 0.215. The molecule has 0 aromatic rings. The summed E-state index contributed by atoms with van der Waals surface area (Å²) in [5, 5.41) is 41.7. The molecule has 4 atom stereocenters. The molecule has 0 aliphatic heterocycles. The lowest BCUT2D eigenvalue weighted by Crippen LogP contribution is -2.58. The molecule has 14 heteroatoms. The van der Waals surface area contributed by atoms with Crippen LogP contribution in [-0.4, -0.2) is 86.8 Å². The highest BCUT2D eigenvalue weighted by atomic mass is 16.4. The Hall–Kier alpha value is -3.26. The first-order valence-electron chi connectivity index (χ1n) is 8.33. The second kappa shape index (κ2) is 12.2. The predicted molar refractivity (Wildman–Crippen MR) is 93.3 cm³/mol. The smallest absolute Gasteiger partial charge is 0.325 e. The minimum absolute atomic E-state index is 0.399. The van der Waals surface area contributed by atoms with Gasteiger partial charge in [-0.25, -0.2) is 0 Å². The van der Waals surface area contributed by atoms with Gasteiger partial charge < -0.3 is 42.1 Å². The Morgan fingerprint density at radius 2 is 1.34 bits per heavy atom. The average molecular weight is 420 g/mol. The van der Waals surface area contributed by atoms with Crippen molar-refractivity contribution < 1.29 is 49.2 Å². The van der Waals surface area contributed by atoms with Gasteiger partial charge in [0.05, 0.1) is 19.1 Å². The van der Waals surface area contributed by atoms with Crippen LogP contribution >= 0.6 is 0 Å². The van der Waals surface area contributed by atoms with Crippen molar-refractivity contribution in [2.24, 2.45) is 5.73 Å². The van der Waals surface area contributed by atoms with Gasteiger partial charge in [0.1, 0.15) is 18.1 Å². The SMILES string of the molecule is CC(NC(=O)C(CCC(=O)O)NC(=O)C(CO)NC(=O)C(N)CC(=O)O)C(=O)O. The summed E-state index contributed by atoms with van der Waals surface area (Å²) in [7, 11) is 0. The Bertz CT molecular complexity index is 653. The lowest BCUT2D eigenvalue weighted by Gasteiger charge is -2.23. The van der Waals surface area contributed by atoms with Gasteiger partial charge in [0, 0.05) is 6.42 Å². The number of aliphatic hydroxyl groups excluding tert-OH is 1. The third-order valence-corrected chi connectivity index (χ3v) is 3.56. The number of carboxylic acids is 3. The maximum atomic E-state index is 12.2. The molecule has 14 nitrogen and oxygen atoms in total. The Labute approximate surface area is 164 Å². The van der Waals surface area contributed by atoms with Gasteiger partial charge in [0.15, 0.2) is 0 Å². The molecular formula is C15H24N4O10. The highest BCUT2D eigenvalue weighted by molar-refractivity contribution is 5.94. The Kier molecular flexibility index (Phi) is 10.9. The highest BCUT2D eigenvalue weighted by Gasteiger charge is 2.29. The lowest BCUT2D eigenvalue weighted by molar-refractivity contribution is -0.142. The number of amides is 3. The fourth-order valence-electron chi connectivity index (χ4n) is 1.94. The van der Waals surface area contributed by atoms with E-state index >= 15 is 0 Å². The van der Waals surface area contributed by atoms with Crippen LogP contribution in [0.5, 0.6) is 0 Å². The van der Waals surface area contributed by atoms with Crippen LogP contribution in [0.15, 0.2) is 0 Å². The fourth-order valence-corrected chi connectivity index (χ4v) is 1.94. The molecule has 0 rings (SSSR count). The molecule has 0 aromatic heterocycles. The standard InChI is InChI=1S/C15H24N4O10/c1-6(15(28)29)17-13(26)8(2-3-10(21)22)18-14(27)9(5-20)19-12(25)7(16)4-11(23)24/h6-9,20H,2-5,16H2,1H3,(H,17,26)(H,18,27)(H,19,25)(H,21,22)(H,23,24)(H,28,29). The number of nitrogens with one attached hydrogen (secondary N) is 3. The van der Waals surface area contributed by atoms with Crippen LogP contribution in [0.1, 0.15) is 26.2 Å². The molecule has 4 unspecified atom stereocenters. The van der Waals surface area contributed by atoms with Crippen molar-refractivity contribution >= 4 is 35.6 Å². The van der Waals surface area contributed by atoms with E-state index in [1.54, 1.807) is 0 Å². The molecule has 0 radical (unpaired) electrons. The normalized spacial score (nSPS) is 14.6.